The average molecular weight is 588 g/mol. The van der Waals surface area contributed by atoms with Gasteiger partial charge in [0.1, 0.15) is 12.4 Å². The van der Waals surface area contributed by atoms with Crippen molar-refractivity contribution >= 4 is 11.7 Å². The standard InChI is InChI=1S/C34H53NO7/c1-22(2)33(23(3)36)35-31(39)21-42-18-17-41-16-15-40-14-6-5-7-24-19-25-20-26(37)8-9-27(25)28-12-13-34(4)29(32(24)28)10-11-30(34)38/h8-9,20,22,24,28-30,32-33,37-38H,5-7,10-19,21H2,1-4H3,(H,35,39)/t24-,28-,29+,30+,32-,33+,34+/m1/s1. The highest BCUT2D eigenvalue weighted by Crippen LogP contribution is 2.62. The Balaban J connectivity index is 1.11. The van der Waals surface area contributed by atoms with Crippen LogP contribution in [0.5, 0.6) is 5.75 Å². The van der Waals surface area contributed by atoms with Crippen LogP contribution in [0.3, 0.4) is 0 Å². The van der Waals surface area contributed by atoms with Crippen LogP contribution in [0.2, 0.25) is 0 Å². The molecule has 236 valence electrons. The number of unbranched alkanes of at least 4 members (excludes halogenated alkanes) is 1. The van der Waals surface area contributed by atoms with Crippen molar-refractivity contribution < 1.29 is 34.0 Å². The maximum Gasteiger partial charge on any atom is 0.246 e. The first-order valence-electron chi connectivity index (χ1n) is 16.1. The number of benzene rings is 1. The second-order valence-corrected chi connectivity index (χ2v) is 13.4. The molecule has 0 saturated heterocycles. The number of aliphatic hydroxyl groups excluding tert-OH is 1. The number of amides is 1. The molecule has 0 unspecified atom stereocenters. The zero-order chi connectivity index (χ0) is 30.3. The molecule has 0 aliphatic heterocycles. The summed E-state index contributed by atoms with van der Waals surface area (Å²) in [4.78, 5) is 23.6. The highest BCUT2D eigenvalue weighted by atomic mass is 16.5. The Hall–Kier alpha value is -2.00. The van der Waals surface area contributed by atoms with E-state index in [4.69, 9.17) is 14.2 Å². The molecule has 8 heteroatoms. The van der Waals surface area contributed by atoms with E-state index in [0.29, 0.717) is 62.5 Å². The van der Waals surface area contributed by atoms with Gasteiger partial charge in [0.15, 0.2) is 5.78 Å². The number of phenols is 1. The van der Waals surface area contributed by atoms with E-state index in [1.54, 1.807) is 0 Å². The summed E-state index contributed by atoms with van der Waals surface area (Å²) in [5.41, 5.74) is 2.79. The Labute approximate surface area is 251 Å². The fourth-order valence-corrected chi connectivity index (χ4v) is 8.20. The largest absolute Gasteiger partial charge is 0.508 e. The molecule has 2 fully saturated rings. The van der Waals surface area contributed by atoms with Crippen molar-refractivity contribution in [2.24, 2.45) is 29.1 Å². The zero-order valence-corrected chi connectivity index (χ0v) is 26.1. The van der Waals surface area contributed by atoms with Crippen LogP contribution < -0.4 is 5.32 Å². The van der Waals surface area contributed by atoms with Gasteiger partial charge in [0, 0.05) is 6.61 Å². The minimum Gasteiger partial charge on any atom is -0.508 e. The molecule has 0 radical (unpaired) electrons. The van der Waals surface area contributed by atoms with Crippen LogP contribution in [0.1, 0.15) is 89.7 Å². The molecule has 3 aliphatic rings. The number of fused-ring (bicyclic) bond motifs is 5. The van der Waals surface area contributed by atoms with E-state index in [9.17, 15) is 19.8 Å². The monoisotopic (exact) mass is 587 g/mol. The quantitative estimate of drug-likeness (QED) is 0.238. The number of aromatic hydroxyl groups is 1. The predicted octanol–water partition coefficient (Wildman–Crippen LogP) is 4.79. The Morgan fingerprint density at radius 2 is 1.74 bits per heavy atom. The van der Waals surface area contributed by atoms with Crippen LogP contribution in [0.25, 0.3) is 0 Å². The minimum atomic E-state index is -0.482. The molecular weight excluding hydrogens is 534 g/mol. The molecule has 8 nitrogen and oxygen atoms in total. The highest BCUT2D eigenvalue weighted by Gasteiger charge is 2.56. The molecule has 7 atom stereocenters. The van der Waals surface area contributed by atoms with Crippen molar-refractivity contribution in [3.05, 3.63) is 29.3 Å². The number of ether oxygens (including phenoxy) is 3. The molecule has 3 N–H and O–H groups in total. The number of ketones is 1. The van der Waals surface area contributed by atoms with Crippen LogP contribution in [-0.4, -0.2) is 73.7 Å². The zero-order valence-electron chi connectivity index (χ0n) is 26.1. The van der Waals surface area contributed by atoms with E-state index in [1.165, 1.54) is 18.1 Å². The summed E-state index contributed by atoms with van der Waals surface area (Å²) in [6, 6.07) is 5.50. The van der Waals surface area contributed by atoms with E-state index in [1.807, 2.05) is 26.0 Å². The number of carbonyl (C=O) groups is 2. The van der Waals surface area contributed by atoms with Crippen LogP contribution in [-0.2, 0) is 30.2 Å². The fraction of sp³-hybridized carbons (Fsp3) is 0.765. The summed E-state index contributed by atoms with van der Waals surface area (Å²) in [6.07, 6.45) is 8.36. The molecule has 0 aromatic heterocycles. The number of phenolic OH excluding ortho intramolecular Hbond substituents is 1. The number of hydrogen-bond donors (Lipinski definition) is 3. The summed E-state index contributed by atoms with van der Waals surface area (Å²) in [7, 11) is 0. The number of carbonyl (C=O) groups excluding carboxylic acids is 2. The summed E-state index contributed by atoms with van der Waals surface area (Å²) in [5.74, 6) is 2.33. The number of nitrogens with one attached hydrogen (secondary N) is 1. The van der Waals surface area contributed by atoms with Gasteiger partial charge in [-0.15, -0.1) is 0 Å². The molecule has 4 rings (SSSR count). The molecule has 3 aliphatic carbocycles. The molecular formula is C34H53NO7. The smallest absolute Gasteiger partial charge is 0.246 e. The van der Waals surface area contributed by atoms with Gasteiger partial charge < -0.3 is 29.7 Å². The minimum absolute atomic E-state index is 0.0393. The van der Waals surface area contributed by atoms with Crippen molar-refractivity contribution in [3.63, 3.8) is 0 Å². The van der Waals surface area contributed by atoms with Gasteiger partial charge in [-0.25, -0.2) is 0 Å². The second-order valence-electron chi connectivity index (χ2n) is 13.4. The van der Waals surface area contributed by atoms with Crippen molar-refractivity contribution in [3.8, 4) is 5.75 Å². The molecule has 2 saturated carbocycles. The van der Waals surface area contributed by atoms with Crippen molar-refractivity contribution in [1.82, 2.24) is 5.32 Å². The third-order valence-corrected chi connectivity index (χ3v) is 10.3. The van der Waals surface area contributed by atoms with E-state index >= 15 is 0 Å². The van der Waals surface area contributed by atoms with E-state index in [2.05, 4.69) is 18.3 Å². The van der Waals surface area contributed by atoms with Crippen LogP contribution >= 0.6 is 0 Å². The first-order valence-corrected chi connectivity index (χ1v) is 16.1. The lowest BCUT2D eigenvalue weighted by molar-refractivity contribution is -0.131. The van der Waals surface area contributed by atoms with E-state index in [-0.39, 0.29) is 35.7 Å². The maximum atomic E-state index is 12.0. The first kappa shape index (κ1) is 32.9. The number of hydrogen-bond acceptors (Lipinski definition) is 7. The molecule has 1 amide bonds. The van der Waals surface area contributed by atoms with Gasteiger partial charge in [-0.2, -0.15) is 0 Å². The number of rotatable bonds is 16. The average Bonchev–Trinajstić information content (AvgIpc) is 3.25. The molecule has 1 aromatic carbocycles. The lowest BCUT2D eigenvalue weighted by atomic mass is 9.52. The lowest BCUT2D eigenvalue weighted by Gasteiger charge is -2.53. The molecule has 0 spiro atoms. The Morgan fingerprint density at radius 3 is 2.45 bits per heavy atom. The summed E-state index contributed by atoms with van der Waals surface area (Å²) >= 11 is 0. The molecule has 1 aromatic rings. The van der Waals surface area contributed by atoms with Gasteiger partial charge in [0.25, 0.3) is 0 Å². The Bertz CT molecular complexity index is 1040. The topological polar surface area (TPSA) is 114 Å². The Morgan fingerprint density at radius 1 is 1.02 bits per heavy atom. The highest BCUT2D eigenvalue weighted by molar-refractivity contribution is 5.88. The second kappa shape index (κ2) is 15.1. The van der Waals surface area contributed by atoms with Crippen molar-refractivity contribution in [2.45, 2.75) is 97.1 Å². The summed E-state index contributed by atoms with van der Waals surface area (Å²) in [5, 5.41) is 23.7. The van der Waals surface area contributed by atoms with Gasteiger partial charge in [0.05, 0.1) is 38.6 Å². The third kappa shape index (κ3) is 7.93. The van der Waals surface area contributed by atoms with E-state index < -0.39 is 6.04 Å². The summed E-state index contributed by atoms with van der Waals surface area (Å²) < 4.78 is 16.7. The van der Waals surface area contributed by atoms with Gasteiger partial charge in [-0.3, -0.25) is 9.59 Å². The SMILES string of the molecule is CC(=O)[C@@H](NC(=O)COCCOCCOCCCC[C@@H]1Cc2cc(O)ccc2[C@H]2CC[C@]3(C)[C@@H](O)CC[C@H]3[C@H]12)C(C)C. The van der Waals surface area contributed by atoms with Crippen LogP contribution in [0.15, 0.2) is 18.2 Å². The van der Waals surface area contributed by atoms with Gasteiger partial charge in [-0.05, 0) is 110 Å². The molecule has 0 bridgehead atoms. The van der Waals surface area contributed by atoms with Gasteiger partial charge in [0.2, 0.25) is 5.91 Å². The summed E-state index contributed by atoms with van der Waals surface area (Å²) in [6.45, 7) is 9.90. The predicted molar refractivity (Wildman–Crippen MR) is 161 cm³/mol. The fourth-order valence-electron chi connectivity index (χ4n) is 8.20. The van der Waals surface area contributed by atoms with Crippen LogP contribution in [0.4, 0.5) is 0 Å². The van der Waals surface area contributed by atoms with Gasteiger partial charge in [-0.1, -0.05) is 33.3 Å². The van der Waals surface area contributed by atoms with Gasteiger partial charge >= 0.3 is 0 Å². The number of Topliss-reactive ketones (excluding diaryl/α,β-unsaturated/α-hetero) is 1. The maximum absolute atomic E-state index is 12.0. The van der Waals surface area contributed by atoms with Crippen molar-refractivity contribution in [2.75, 3.05) is 39.6 Å². The molecule has 0 heterocycles. The Kier molecular flexibility index (Phi) is 11.9. The number of aliphatic hydroxyl groups is 1. The first-order chi connectivity index (χ1) is 20.1. The molecule has 42 heavy (non-hydrogen) atoms. The lowest BCUT2D eigenvalue weighted by Crippen LogP contribution is -2.47. The van der Waals surface area contributed by atoms with Crippen LogP contribution in [0, 0.1) is 29.1 Å². The normalized spacial score (nSPS) is 29.0. The third-order valence-electron chi connectivity index (χ3n) is 10.3. The van der Waals surface area contributed by atoms with E-state index in [0.717, 1.165) is 51.4 Å². The van der Waals surface area contributed by atoms with Crippen molar-refractivity contribution in [1.29, 1.82) is 0 Å².